The standard InChI is InChI=1S/C12H14F2N2O/c1-7-8(2)10(15)4-3-9(7)11(17)16-5-12(13,14)6-16/h3-4H,5-6,15H2,1-2H3. The highest BCUT2D eigenvalue weighted by atomic mass is 19.3. The van der Waals surface area contributed by atoms with Crippen LogP contribution in [-0.4, -0.2) is 29.8 Å². The fraction of sp³-hybridized carbons (Fsp3) is 0.417. The number of carbonyl (C=O) groups is 1. The molecule has 0 aliphatic carbocycles. The van der Waals surface area contributed by atoms with Crippen molar-refractivity contribution in [1.29, 1.82) is 0 Å². The molecule has 1 amide bonds. The fourth-order valence-electron chi connectivity index (χ4n) is 1.90. The van der Waals surface area contributed by atoms with Crippen LogP contribution in [0.15, 0.2) is 12.1 Å². The quantitative estimate of drug-likeness (QED) is 0.763. The summed E-state index contributed by atoms with van der Waals surface area (Å²) in [4.78, 5) is 13.1. The molecule has 1 aliphatic heterocycles. The van der Waals surface area contributed by atoms with Crippen LogP contribution in [0.2, 0.25) is 0 Å². The van der Waals surface area contributed by atoms with Crippen molar-refractivity contribution in [3.63, 3.8) is 0 Å². The third-order valence-electron chi connectivity index (χ3n) is 3.19. The summed E-state index contributed by atoms with van der Waals surface area (Å²) >= 11 is 0. The predicted molar refractivity (Wildman–Crippen MR) is 61.2 cm³/mol. The average molecular weight is 240 g/mol. The summed E-state index contributed by atoms with van der Waals surface area (Å²) in [6.07, 6.45) is 0. The number of alkyl halides is 2. The van der Waals surface area contributed by atoms with Gasteiger partial charge in [0.05, 0.1) is 13.1 Å². The number of nitrogens with two attached hydrogens (primary N) is 1. The van der Waals surface area contributed by atoms with Gasteiger partial charge in [-0.25, -0.2) is 8.78 Å². The van der Waals surface area contributed by atoms with E-state index in [9.17, 15) is 13.6 Å². The number of likely N-dealkylation sites (tertiary alicyclic amines) is 1. The molecule has 92 valence electrons. The van der Waals surface area contributed by atoms with Gasteiger partial charge in [0.15, 0.2) is 0 Å². The lowest BCUT2D eigenvalue weighted by atomic mass is 9.99. The number of nitrogen functional groups attached to an aromatic ring is 1. The van der Waals surface area contributed by atoms with Gasteiger partial charge < -0.3 is 10.6 Å². The zero-order valence-electron chi connectivity index (χ0n) is 9.76. The fourth-order valence-corrected chi connectivity index (χ4v) is 1.90. The van der Waals surface area contributed by atoms with Gasteiger partial charge in [-0.15, -0.1) is 0 Å². The van der Waals surface area contributed by atoms with Crippen molar-refractivity contribution in [2.24, 2.45) is 0 Å². The van der Waals surface area contributed by atoms with Gasteiger partial charge in [-0.2, -0.15) is 0 Å². The van der Waals surface area contributed by atoms with Crippen LogP contribution >= 0.6 is 0 Å². The first-order valence-corrected chi connectivity index (χ1v) is 5.34. The zero-order valence-corrected chi connectivity index (χ0v) is 9.76. The largest absolute Gasteiger partial charge is 0.399 e. The molecule has 3 nitrogen and oxygen atoms in total. The third kappa shape index (κ3) is 1.97. The van der Waals surface area contributed by atoms with Crippen LogP contribution in [0.25, 0.3) is 0 Å². The lowest BCUT2D eigenvalue weighted by Gasteiger charge is -2.39. The maximum Gasteiger partial charge on any atom is 0.282 e. The van der Waals surface area contributed by atoms with Crippen LogP contribution in [-0.2, 0) is 0 Å². The highest BCUT2D eigenvalue weighted by Gasteiger charge is 2.46. The van der Waals surface area contributed by atoms with E-state index in [4.69, 9.17) is 5.73 Å². The van der Waals surface area contributed by atoms with Gasteiger partial charge in [0.25, 0.3) is 11.8 Å². The molecule has 2 rings (SSSR count). The van der Waals surface area contributed by atoms with E-state index in [1.165, 1.54) is 0 Å². The first kappa shape index (κ1) is 11.8. The molecule has 1 aromatic carbocycles. The Hall–Kier alpha value is -1.65. The summed E-state index contributed by atoms with van der Waals surface area (Å²) in [5.41, 5.74) is 8.34. The molecule has 0 atom stereocenters. The molecule has 1 saturated heterocycles. The minimum Gasteiger partial charge on any atom is -0.399 e. The third-order valence-corrected chi connectivity index (χ3v) is 3.19. The molecule has 1 fully saturated rings. The number of halogens is 2. The maximum absolute atomic E-state index is 12.7. The van der Waals surface area contributed by atoms with Crippen molar-refractivity contribution in [1.82, 2.24) is 4.90 Å². The molecule has 0 saturated carbocycles. The Labute approximate surface area is 98.2 Å². The second-order valence-electron chi connectivity index (χ2n) is 4.47. The van der Waals surface area contributed by atoms with E-state index in [2.05, 4.69) is 0 Å². The Morgan fingerprint density at radius 3 is 2.41 bits per heavy atom. The van der Waals surface area contributed by atoms with Crippen LogP contribution in [0.4, 0.5) is 14.5 Å². The number of anilines is 1. The van der Waals surface area contributed by atoms with Crippen LogP contribution < -0.4 is 5.73 Å². The van der Waals surface area contributed by atoms with Crippen LogP contribution in [0.3, 0.4) is 0 Å². The minimum absolute atomic E-state index is 0.350. The summed E-state index contributed by atoms with van der Waals surface area (Å²) < 4.78 is 25.4. The molecular formula is C12H14F2N2O. The van der Waals surface area contributed by atoms with Crippen molar-refractivity contribution in [2.75, 3.05) is 18.8 Å². The molecule has 0 aromatic heterocycles. The van der Waals surface area contributed by atoms with E-state index >= 15 is 0 Å². The Morgan fingerprint density at radius 1 is 1.29 bits per heavy atom. The van der Waals surface area contributed by atoms with E-state index in [-0.39, 0.29) is 5.91 Å². The summed E-state index contributed by atoms with van der Waals surface area (Å²) in [5.74, 6) is -3.08. The van der Waals surface area contributed by atoms with Crippen LogP contribution in [0.5, 0.6) is 0 Å². The van der Waals surface area contributed by atoms with Gasteiger partial charge in [-0.3, -0.25) is 4.79 Å². The van der Waals surface area contributed by atoms with Crippen molar-refractivity contribution < 1.29 is 13.6 Å². The van der Waals surface area contributed by atoms with E-state index in [0.29, 0.717) is 11.3 Å². The van der Waals surface area contributed by atoms with Gasteiger partial charge in [0.2, 0.25) is 0 Å². The number of hydrogen-bond donors (Lipinski definition) is 1. The zero-order chi connectivity index (χ0) is 12.8. The highest BCUT2D eigenvalue weighted by molar-refractivity contribution is 5.97. The summed E-state index contributed by atoms with van der Waals surface area (Å²) in [5, 5.41) is 0. The van der Waals surface area contributed by atoms with Crippen molar-refractivity contribution in [3.05, 3.63) is 28.8 Å². The number of carbonyl (C=O) groups excluding carboxylic acids is 1. The average Bonchev–Trinajstić information content (AvgIpc) is 2.22. The number of nitrogens with zero attached hydrogens (tertiary/aromatic N) is 1. The molecule has 0 unspecified atom stereocenters. The van der Waals surface area contributed by atoms with E-state index in [1.54, 1.807) is 19.1 Å². The molecule has 0 bridgehead atoms. The molecular weight excluding hydrogens is 226 g/mol. The second-order valence-corrected chi connectivity index (χ2v) is 4.47. The van der Waals surface area contributed by atoms with E-state index in [0.717, 1.165) is 16.0 Å². The SMILES string of the molecule is Cc1c(N)ccc(C(=O)N2CC(F)(F)C2)c1C. The van der Waals surface area contributed by atoms with Crippen molar-refractivity contribution in [2.45, 2.75) is 19.8 Å². The Kier molecular flexibility index (Phi) is 2.56. The Balaban J connectivity index is 2.24. The normalized spacial score (nSPS) is 17.8. The van der Waals surface area contributed by atoms with Gasteiger partial charge in [0.1, 0.15) is 0 Å². The number of hydrogen-bond acceptors (Lipinski definition) is 2. The molecule has 1 aromatic rings. The second kappa shape index (κ2) is 3.68. The van der Waals surface area contributed by atoms with Gasteiger partial charge in [-0.05, 0) is 37.1 Å². The monoisotopic (exact) mass is 240 g/mol. The first-order chi connectivity index (χ1) is 7.82. The van der Waals surface area contributed by atoms with Crippen molar-refractivity contribution >= 4 is 11.6 Å². The number of rotatable bonds is 1. The summed E-state index contributed by atoms with van der Waals surface area (Å²) in [6.45, 7) is 2.60. The molecule has 1 aliphatic rings. The van der Waals surface area contributed by atoms with E-state index in [1.807, 2.05) is 6.92 Å². The Morgan fingerprint density at radius 2 is 1.88 bits per heavy atom. The Bertz CT molecular complexity index is 478. The molecule has 0 radical (unpaired) electrons. The van der Waals surface area contributed by atoms with Gasteiger partial charge >= 0.3 is 0 Å². The smallest absolute Gasteiger partial charge is 0.282 e. The minimum atomic E-state index is -2.73. The van der Waals surface area contributed by atoms with E-state index < -0.39 is 19.0 Å². The topological polar surface area (TPSA) is 46.3 Å². The highest BCUT2D eigenvalue weighted by Crippen LogP contribution is 2.29. The van der Waals surface area contributed by atoms with Gasteiger partial charge in [-0.1, -0.05) is 0 Å². The van der Waals surface area contributed by atoms with Gasteiger partial charge in [0, 0.05) is 11.3 Å². The van der Waals surface area contributed by atoms with Crippen molar-refractivity contribution in [3.8, 4) is 0 Å². The van der Waals surface area contributed by atoms with Crippen LogP contribution in [0, 0.1) is 13.8 Å². The maximum atomic E-state index is 12.7. The molecule has 17 heavy (non-hydrogen) atoms. The molecule has 1 heterocycles. The molecule has 0 spiro atoms. The lowest BCUT2D eigenvalue weighted by molar-refractivity contribution is -0.113. The first-order valence-electron chi connectivity index (χ1n) is 5.34. The lowest BCUT2D eigenvalue weighted by Crippen LogP contribution is -2.58. The number of benzene rings is 1. The summed E-state index contributed by atoms with van der Waals surface area (Å²) in [6, 6.07) is 3.23. The molecule has 2 N–H and O–H groups in total. The van der Waals surface area contributed by atoms with Crippen LogP contribution in [0.1, 0.15) is 21.5 Å². The number of amides is 1. The summed E-state index contributed by atoms with van der Waals surface area (Å²) in [7, 11) is 0. The predicted octanol–water partition coefficient (Wildman–Crippen LogP) is 1.98. The molecule has 5 heteroatoms.